The Balaban J connectivity index is 1.65. The minimum Gasteiger partial charge on any atom is -0.507 e. The molecule has 1 aliphatic heterocycles. The monoisotopic (exact) mass is 371 g/mol. The van der Waals surface area contributed by atoms with Gasteiger partial charge in [0.15, 0.2) is 11.5 Å². The summed E-state index contributed by atoms with van der Waals surface area (Å²) in [6.45, 7) is 0.281. The Bertz CT molecular complexity index is 865. The van der Waals surface area contributed by atoms with Crippen molar-refractivity contribution in [3.8, 4) is 17.2 Å². The van der Waals surface area contributed by atoms with Gasteiger partial charge in [-0.05, 0) is 36.0 Å². The molecule has 0 bridgehead atoms. The molecule has 6 nitrogen and oxygen atoms in total. The maximum absolute atomic E-state index is 12.5. The van der Waals surface area contributed by atoms with Crippen LogP contribution in [0.3, 0.4) is 0 Å². The lowest BCUT2D eigenvalue weighted by molar-refractivity contribution is -0.123. The summed E-state index contributed by atoms with van der Waals surface area (Å²) in [5, 5.41) is 9.45. The van der Waals surface area contributed by atoms with Gasteiger partial charge in [-0.3, -0.25) is 14.5 Å². The fourth-order valence-corrected chi connectivity index (χ4v) is 3.28. The topological polar surface area (TPSA) is 76.1 Å². The van der Waals surface area contributed by atoms with Crippen LogP contribution in [0.1, 0.15) is 5.56 Å². The number of hydrogen-bond donors (Lipinski definition) is 1. The van der Waals surface area contributed by atoms with Crippen molar-refractivity contribution in [3.63, 3.8) is 0 Å². The number of ether oxygens (including phenoxy) is 2. The number of benzene rings is 2. The minimum atomic E-state index is -0.396. The Morgan fingerprint density at radius 2 is 1.77 bits per heavy atom. The summed E-state index contributed by atoms with van der Waals surface area (Å²) in [6, 6.07) is 13.8. The first-order valence-electron chi connectivity index (χ1n) is 7.89. The van der Waals surface area contributed by atoms with Gasteiger partial charge in [-0.1, -0.05) is 30.3 Å². The van der Waals surface area contributed by atoms with Gasteiger partial charge in [0.05, 0.1) is 18.6 Å². The molecule has 2 amide bonds. The van der Waals surface area contributed by atoms with E-state index in [2.05, 4.69) is 0 Å². The van der Waals surface area contributed by atoms with Gasteiger partial charge >= 0.3 is 0 Å². The number of carbonyl (C=O) groups excluding carboxylic acids is 2. The highest BCUT2D eigenvalue weighted by Crippen LogP contribution is 2.33. The second kappa shape index (κ2) is 7.97. The minimum absolute atomic E-state index is 0.0544. The SMILES string of the molecule is COc1ccccc1OCCN1C(=O)S/C(=C\c2ccccc2O)C1=O. The zero-order valence-corrected chi connectivity index (χ0v) is 14.9. The maximum atomic E-state index is 12.5. The lowest BCUT2D eigenvalue weighted by Gasteiger charge is -2.14. The fraction of sp³-hybridized carbons (Fsp3) is 0.158. The van der Waals surface area contributed by atoms with Crippen LogP contribution in [-0.2, 0) is 4.79 Å². The molecule has 0 unspecified atom stereocenters. The van der Waals surface area contributed by atoms with Crippen molar-refractivity contribution >= 4 is 29.0 Å². The molecule has 3 rings (SSSR count). The molecule has 0 radical (unpaired) electrons. The molecule has 1 heterocycles. The molecule has 1 N–H and O–H groups in total. The summed E-state index contributed by atoms with van der Waals surface area (Å²) in [6.07, 6.45) is 1.52. The van der Waals surface area contributed by atoms with E-state index in [0.717, 1.165) is 16.7 Å². The van der Waals surface area contributed by atoms with Gasteiger partial charge in [-0.25, -0.2) is 0 Å². The van der Waals surface area contributed by atoms with Crippen molar-refractivity contribution in [1.82, 2.24) is 4.90 Å². The average Bonchev–Trinajstić information content (AvgIpc) is 2.91. The van der Waals surface area contributed by atoms with Gasteiger partial charge in [0.25, 0.3) is 11.1 Å². The standard InChI is InChI=1S/C19H17NO5S/c1-24-15-8-4-5-9-16(15)25-11-10-20-18(22)17(26-19(20)23)12-13-6-2-3-7-14(13)21/h2-9,12,21H,10-11H2,1H3/b17-12-. The van der Waals surface area contributed by atoms with E-state index in [4.69, 9.17) is 9.47 Å². The molecule has 2 aromatic carbocycles. The number of imide groups is 1. The number of aromatic hydroxyl groups is 1. The van der Waals surface area contributed by atoms with Crippen LogP contribution in [0.5, 0.6) is 17.2 Å². The Morgan fingerprint density at radius 3 is 2.50 bits per heavy atom. The van der Waals surface area contributed by atoms with Crippen LogP contribution in [0, 0.1) is 0 Å². The van der Waals surface area contributed by atoms with Gasteiger partial charge in [0.1, 0.15) is 12.4 Å². The number of phenols is 1. The van der Waals surface area contributed by atoms with Crippen molar-refractivity contribution < 1.29 is 24.2 Å². The van der Waals surface area contributed by atoms with Crippen molar-refractivity contribution in [1.29, 1.82) is 0 Å². The second-order valence-corrected chi connectivity index (χ2v) is 6.38. The van der Waals surface area contributed by atoms with E-state index in [1.54, 1.807) is 37.4 Å². The van der Waals surface area contributed by atoms with E-state index in [-0.39, 0.29) is 29.0 Å². The lowest BCUT2D eigenvalue weighted by atomic mass is 10.2. The fourth-order valence-electron chi connectivity index (χ4n) is 2.43. The van der Waals surface area contributed by atoms with E-state index >= 15 is 0 Å². The molecule has 7 heteroatoms. The average molecular weight is 371 g/mol. The molecule has 134 valence electrons. The normalized spacial score (nSPS) is 15.6. The number of nitrogens with zero attached hydrogens (tertiary/aromatic N) is 1. The summed E-state index contributed by atoms with van der Waals surface area (Å²) in [7, 11) is 1.54. The van der Waals surface area contributed by atoms with Gasteiger partial charge in [0, 0.05) is 5.56 Å². The molecular formula is C19H17NO5S. The third kappa shape index (κ3) is 3.83. The smallest absolute Gasteiger partial charge is 0.293 e. The van der Waals surface area contributed by atoms with E-state index in [1.807, 2.05) is 12.1 Å². The molecule has 2 aromatic rings. The molecule has 0 aliphatic carbocycles. The highest BCUT2D eigenvalue weighted by Gasteiger charge is 2.35. The Labute approximate surface area is 155 Å². The van der Waals surface area contributed by atoms with Crippen LogP contribution >= 0.6 is 11.8 Å². The Hall–Kier alpha value is -2.93. The molecule has 26 heavy (non-hydrogen) atoms. The van der Waals surface area contributed by atoms with Gasteiger partial charge < -0.3 is 14.6 Å². The third-order valence-corrected chi connectivity index (χ3v) is 4.65. The van der Waals surface area contributed by atoms with Crippen molar-refractivity contribution in [3.05, 3.63) is 59.0 Å². The number of para-hydroxylation sites is 3. The number of thioether (sulfide) groups is 1. The summed E-state index contributed by atoms with van der Waals surface area (Å²) < 4.78 is 10.8. The summed E-state index contributed by atoms with van der Waals surface area (Å²) in [5.41, 5.74) is 0.489. The molecule has 1 aliphatic rings. The van der Waals surface area contributed by atoms with Crippen LogP contribution in [0.25, 0.3) is 6.08 Å². The zero-order valence-electron chi connectivity index (χ0n) is 14.0. The van der Waals surface area contributed by atoms with E-state index in [1.165, 1.54) is 12.1 Å². The highest BCUT2D eigenvalue weighted by atomic mass is 32.2. The Morgan fingerprint density at radius 1 is 1.08 bits per heavy atom. The third-order valence-electron chi connectivity index (χ3n) is 3.74. The molecule has 1 saturated heterocycles. The maximum Gasteiger partial charge on any atom is 0.293 e. The first-order valence-corrected chi connectivity index (χ1v) is 8.71. The van der Waals surface area contributed by atoms with Crippen molar-refractivity contribution in [2.24, 2.45) is 0 Å². The van der Waals surface area contributed by atoms with Crippen LogP contribution in [0.15, 0.2) is 53.4 Å². The molecule has 0 saturated carbocycles. The molecule has 0 spiro atoms. The van der Waals surface area contributed by atoms with E-state index < -0.39 is 5.91 Å². The molecule has 0 aromatic heterocycles. The van der Waals surface area contributed by atoms with Crippen molar-refractivity contribution in [2.45, 2.75) is 0 Å². The number of phenolic OH excluding ortho intramolecular Hbond substituents is 1. The predicted molar refractivity (Wildman–Crippen MR) is 99.3 cm³/mol. The zero-order chi connectivity index (χ0) is 18.5. The number of amides is 2. The Kier molecular flexibility index (Phi) is 5.48. The number of hydrogen-bond acceptors (Lipinski definition) is 6. The number of methoxy groups -OCH3 is 1. The van der Waals surface area contributed by atoms with Gasteiger partial charge in [-0.15, -0.1) is 0 Å². The van der Waals surface area contributed by atoms with Crippen molar-refractivity contribution in [2.75, 3.05) is 20.3 Å². The largest absolute Gasteiger partial charge is 0.507 e. The molecule has 1 fully saturated rings. The number of carbonyl (C=O) groups is 2. The van der Waals surface area contributed by atoms with E-state index in [9.17, 15) is 14.7 Å². The lowest BCUT2D eigenvalue weighted by Crippen LogP contribution is -2.32. The first kappa shape index (κ1) is 17.9. The summed E-state index contributed by atoms with van der Waals surface area (Å²) in [5.74, 6) is 0.790. The molecule has 0 atom stereocenters. The quantitative estimate of drug-likeness (QED) is 0.783. The first-order chi connectivity index (χ1) is 12.6. The summed E-state index contributed by atoms with van der Waals surface area (Å²) in [4.78, 5) is 26.0. The van der Waals surface area contributed by atoms with Gasteiger partial charge in [0.2, 0.25) is 0 Å². The highest BCUT2D eigenvalue weighted by molar-refractivity contribution is 8.18. The van der Waals surface area contributed by atoms with Crippen LogP contribution in [-0.4, -0.2) is 41.4 Å². The second-order valence-electron chi connectivity index (χ2n) is 5.39. The van der Waals surface area contributed by atoms with Crippen LogP contribution < -0.4 is 9.47 Å². The van der Waals surface area contributed by atoms with Crippen LogP contribution in [0.2, 0.25) is 0 Å². The van der Waals surface area contributed by atoms with E-state index in [0.29, 0.717) is 17.1 Å². The number of rotatable bonds is 6. The van der Waals surface area contributed by atoms with Crippen LogP contribution in [0.4, 0.5) is 4.79 Å². The van der Waals surface area contributed by atoms with Gasteiger partial charge in [-0.2, -0.15) is 0 Å². The summed E-state index contributed by atoms with van der Waals surface area (Å²) >= 11 is 0.846. The predicted octanol–water partition coefficient (Wildman–Crippen LogP) is 3.52. The molecular weight excluding hydrogens is 354 g/mol.